The first-order chi connectivity index (χ1) is 0. The molecule has 0 aliphatic carbocycles. The molecule has 0 amide bonds. The molecule has 0 spiro atoms. The molecule has 0 saturated heterocycles. The first kappa shape index (κ1) is 32.5. The molecule has 0 unspecified atom stereocenters. The molecule has 5 heavy (non-hydrogen) atoms. The van der Waals surface area contributed by atoms with E-state index in [1.807, 2.05) is 0 Å². The molecular weight excluding hydrogens is 162 g/mol. The maximum atomic E-state index is 0. The van der Waals surface area contributed by atoms with Gasteiger partial charge in [-0.2, -0.15) is 0 Å². The molecule has 5 heteroatoms. The van der Waals surface area contributed by atoms with Gasteiger partial charge in [-0.1, -0.05) is 0 Å². The Labute approximate surface area is 149 Å². The van der Waals surface area contributed by atoms with E-state index in [0.717, 1.165) is 0 Å². The Hall–Kier alpha value is 4.95. The predicted molar refractivity (Wildman–Crippen MR) is 24.2 cm³/mol. The molecule has 0 fully saturated rings. The first-order valence-electron chi connectivity index (χ1n) is 0. The van der Waals surface area contributed by atoms with Gasteiger partial charge in [0.1, 0.15) is 0 Å². The van der Waals surface area contributed by atoms with Crippen LogP contribution in [-0.4, -0.2) is 90.3 Å². The molecule has 0 saturated carbocycles. The molecule has 0 nitrogen and oxygen atoms in total. The van der Waals surface area contributed by atoms with E-state index in [2.05, 4.69) is 0 Å². The fourth-order valence-electron chi connectivity index (χ4n) is 0. The Morgan fingerprint density at radius 2 is 1.00 bits per heavy atom. The van der Waals surface area contributed by atoms with Crippen molar-refractivity contribution in [2.45, 2.75) is 0 Å². The summed E-state index contributed by atoms with van der Waals surface area (Å²) in [6, 6.07) is 0. The molecule has 0 aliphatic rings. The Balaban J connectivity index is 0. The van der Waals surface area contributed by atoms with Crippen molar-refractivity contribution in [1.29, 1.82) is 0 Å². The van der Waals surface area contributed by atoms with Crippen molar-refractivity contribution in [3.63, 3.8) is 0 Å². The van der Waals surface area contributed by atoms with Crippen LogP contribution in [0.4, 0.5) is 0 Å². The average molecular weight is 167 g/mol. The van der Waals surface area contributed by atoms with Crippen LogP contribution in [0, 0.1) is 0 Å². The van der Waals surface area contributed by atoms with Crippen molar-refractivity contribution in [2.24, 2.45) is 0 Å². The Bertz CT molecular complexity index is 11.6. The van der Waals surface area contributed by atoms with Gasteiger partial charge in [0.2, 0.25) is 0 Å². The van der Waals surface area contributed by atoms with Gasteiger partial charge in [0.05, 0.1) is 0 Å². The van der Waals surface area contributed by atoms with E-state index >= 15 is 0 Å². The zero-order chi connectivity index (χ0) is 0. The molecule has 0 atom stereocenters. The third-order valence-electron chi connectivity index (χ3n) is 0. The van der Waals surface area contributed by atoms with Crippen molar-refractivity contribution in [3.8, 4) is 0 Å². The second kappa shape index (κ2) is 23.1. The van der Waals surface area contributed by atoms with Crippen LogP contribution in [0.25, 0.3) is 0 Å². The van der Waals surface area contributed by atoms with Gasteiger partial charge in [-0.3, -0.25) is 0 Å². The average Bonchev–Trinajstić information content (AvgIpc) is 0. The van der Waals surface area contributed by atoms with Crippen molar-refractivity contribution in [3.05, 3.63) is 0 Å². The monoisotopic (exact) mass is 166 g/mol. The molecule has 0 aromatic carbocycles. The Morgan fingerprint density at radius 1 is 1.00 bits per heavy atom. The molecule has 0 radical (unpaired) electrons. The Kier molecular flexibility index (Phi) is 150. The third-order valence-corrected chi connectivity index (χ3v) is 0. The molecule has 0 aromatic heterocycles. The second-order valence-corrected chi connectivity index (χ2v) is 0. The van der Waals surface area contributed by atoms with E-state index in [9.17, 15) is 0 Å². The maximum absolute atomic E-state index is 0. The van der Waals surface area contributed by atoms with Crippen LogP contribution in [0.3, 0.4) is 0 Å². The van der Waals surface area contributed by atoms with Crippen LogP contribution < -0.4 is 63.8 Å². The van der Waals surface area contributed by atoms with Crippen LogP contribution in [-0.2, 0) is 0 Å². The fourth-order valence-corrected chi connectivity index (χ4v) is 0. The number of hydrogen-bond donors (Lipinski definition) is 0. The van der Waals surface area contributed by atoms with E-state index in [0.29, 0.717) is 0 Å². The molecule has 0 aromatic rings. The van der Waals surface area contributed by atoms with Crippen molar-refractivity contribution < 1.29 is 63.8 Å². The van der Waals surface area contributed by atoms with Gasteiger partial charge >= 0.3 is 142 Å². The summed E-state index contributed by atoms with van der Waals surface area (Å²) in [5.74, 6) is 0. The van der Waals surface area contributed by atoms with Crippen LogP contribution >= 0.6 is 0 Å². The summed E-state index contributed by atoms with van der Waals surface area (Å²) in [7, 11) is 0. The van der Waals surface area contributed by atoms with Crippen molar-refractivity contribution in [1.82, 2.24) is 0 Å². The van der Waals surface area contributed by atoms with E-state index in [-0.39, 0.29) is 154 Å². The normalized spacial score (nSPS) is 0. The topological polar surface area (TPSA) is 0 Å². The predicted octanol–water partition coefficient (Wildman–Crippen LogP) is -8.47. The van der Waals surface area contributed by atoms with Gasteiger partial charge in [0.15, 0.2) is 0 Å². The summed E-state index contributed by atoms with van der Waals surface area (Å²) in [6.07, 6.45) is 0. The van der Waals surface area contributed by atoms with Crippen LogP contribution in [0.2, 0.25) is 0 Å². The first-order valence-corrected chi connectivity index (χ1v) is 0. The van der Waals surface area contributed by atoms with E-state index in [1.54, 1.807) is 0 Å². The zero-order valence-corrected chi connectivity index (χ0v) is 5.26. The Morgan fingerprint density at radius 3 is 1.00 bits per heavy atom. The molecule has 0 N–H and O–H groups in total. The molecule has 0 rings (SSSR count). The van der Waals surface area contributed by atoms with Gasteiger partial charge in [-0.15, -0.1) is 0 Å². The van der Waals surface area contributed by atoms with Crippen LogP contribution in [0.1, 0.15) is 0 Å². The van der Waals surface area contributed by atoms with E-state index < -0.39 is 0 Å². The van der Waals surface area contributed by atoms with Gasteiger partial charge in [0.25, 0.3) is 0 Å². The summed E-state index contributed by atoms with van der Waals surface area (Å²) in [6.45, 7) is 0. The molecule has 0 aliphatic heterocycles. The third kappa shape index (κ3) is 17.6. The summed E-state index contributed by atoms with van der Waals surface area (Å²) >= 11 is 0. The molecule has 0 heterocycles. The van der Waals surface area contributed by atoms with Crippen LogP contribution in [0.5, 0.6) is 0 Å². The summed E-state index contributed by atoms with van der Waals surface area (Å²) < 4.78 is 0. The summed E-state index contributed by atoms with van der Waals surface area (Å²) in [5, 5.41) is 0. The van der Waals surface area contributed by atoms with Gasteiger partial charge in [0, 0.05) is 0 Å². The summed E-state index contributed by atoms with van der Waals surface area (Å²) in [5.41, 5.74) is 0. The minimum absolute atomic E-state index is 0. The number of rotatable bonds is 0. The van der Waals surface area contributed by atoms with Gasteiger partial charge in [-0.25, -0.2) is 0 Å². The standard InChI is InChI=1S/Ca.ClH.K.Mg.Na.5H/h;1H;;;;;;;;/q;;+1;;;;;;;/p-1. The van der Waals surface area contributed by atoms with E-state index in [4.69, 9.17) is 0 Å². The zero-order valence-electron chi connectivity index (χ0n) is 1.38. The quantitative estimate of drug-likeness (QED) is 0.314. The molecule has 0 bridgehead atoms. The molecular formula is H5CaClKMgNa. The number of halogens is 1. The van der Waals surface area contributed by atoms with Crippen LogP contribution in [0.15, 0.2) is 0 Å². The SMILES string of the molecule is [CaH2].[Cl-].[K+].[MgH2].[NaH]. The van der Waals surface area contributed by atoms with E-state index in [1.165, 1.54) is 0 Å². The fraction of sp³-hybridized carbons (Fsp3) is 0. The van der Waals surface area contributed by atoms with Crippen molar-refractivity contribution in [2.75, 3.05) is 0 Å². The van der Waals surface area contributed by atoms with Gasteiger partial charge in [-0.05, 0) is 0 Å². The minimum atomic E-state index is 0. The second-order valence-electron chi connectivity index (χ2n) is 0. The number of hydrogen-bond acceptors (Lipinski definition) is 0. The molecule has 18 valence electrons. The van der Waals surface area contributed by atoms with Gasteiger partial charge < -0.3 is 12.4 Å². The summed E-state index contributed by atoms with van der Waals surface area (Å²) in [4.78, 5) is 0. The van der Waals surface area contributed by atoms with Crippen molar-refractivity contribution >= 4 is 90.3 Å².